The summed E-state index contributed by atoms with van der Waals surface area (Å²) in [5.74, 6) is 1.83. The third kappa shape index (κ3) is 5.26. The minimum atomic E-state index is 0.593. The molecule has 2 heterocycles. The Morgan fingerprint density at radius 2 is 0.891 bits per heavy atom. The molecule has 11 rings (SSSR count). The highest BCUT2D eigenvalue weighted by Gasteiger charge is 2.21. The fourth-order valence-electron chi connectivity index (χ4n) is 8.05. The minimum Gasteiger partial charge on any atom is -0.455 e. The van der Waals surface area contributed by atoms with Gasteiger partial charge in [-0.05, 0) is 79.3 Å². The number of aromatic nitrogens is 3. The average Bonchev–Trinajstić information content (AvgIpc) is 3.66. The molecule has 0 aliphatic carbocycles. The van der Waals surface area contributed by atoms with Crippen molar-refractivity contribution in [1.29, 1.82) is 0 Å². The van der Waals surface area contributed by atoms with E-state index in [1.54, 1.807) is 0 Å². The van der Waals surface area contributed by atoms with Gasteiger partial charge < -0.3 is 4.42 Å². The Bertz CT molecular complexity index is 3260. The first kappa shape index (κ1) is 31.1. The van der Waals surface area contributed by atoms with Crippen molar-refractivity contribution in [3.63, 3.8) is 0 Å². The minimum absolute atomic E-state index is 0.593. The number of nitrogens with zero attached hydrogens (tertiary/aromatic N) is 3. The Morgan fingerprint density at radius 1 is 0.309 bits per heavy atom. The van der Waals surface area contributed by atoms with Gasteiger partial charge in [-0.3, -0.25) is 0 Å². The Hall–Kier alpha value is -7.43. The molecule has 11 aromatic rings. The van der Waals surface area contributed by atoms with Gasteiger partial charge in [0.15, 0.2) is 17.5 Å². The van der Waals surface area contributed by atoms with E-state index in [9.17, 15) is 0 Å². The zero-order valence-electron chi connectivity index (χ0n) is 29.6. The number of benzene rings is 9. The summed E-state index contributed by atoms with van der Waals surface area (Å²) in [6, 6.07) is 65.7. The second-order valence-corrected chi connectivity index (χ2v) is 14.0. The number of hydrogen-bond acceptors (Lipinski definition) is 4. The number of hydrogen-bond donors (Lipinski definition) is 0. The molecule has 0 aliphatic heterocycles. The summed E-state index contributed by atoms with van der Waals surface area (Å²) < 4.78 is 6.71. The van der Waals surface area contributed by atoms with Gasteiger partial charge in [0, 0.05) is 33.0 Å². The molecule has 4 nitrogen and oxygen atoms in total. The second-order valence-electron chi connectivity index (χ2n) is 14.0. The van der Waals surface area contributed by atoms with Crippen molar-refractivity contribution >= 4 is 54.3 Å². The van der Waals surface area contributed by atoms with Crippen LogP contribution in [-0.2, 0) is 0 Å². The first-order chi connectivity index (χ1) is 27.2. The molecule has 0 unspecified atom stereocenters. The Morgan fingerprint density at radius 3 is 1.71 bits per heavy atom. The Kier molecular flexibility index (Phi) is 7.14. The molecule has 0 spiro atoms. The molecule has 0 amide bonds. The number of rotatable bonds is 5. The molecule has 4 heteroatoms. The van der Waals surface area contributed by atoms with E-state index in [-0.39, 0.29) is 0 Å². The van der Waals surface area contributed by atoms with Crippen molar-refractivity contribution in [3.05, 3.63) is 188 Å². The summed E-state index contributed by atoms with van der Waals surface area (Å²) in [4.78, 5) is 15.5. The maximum absolute atomic E-state index is 6.71. The third-order valence-corrected chi connectivity index (χ3v) is 10.7. The number of para-hydroxylation sites is 1. The SMILES string of the molecule is c1ccc(-c2cccc(-c3ccc(-c4nc(-c5ccccc5)nc(-c5ccc6c(ccc7c8ccccc8ccc67)c5)n4)c4c3oc3ccccc34)c2)cc1. The predicted octanol–water partition coefficient (Wildman–Crippen LogP) is 13.6. The third-order valence-electron chi connectivity index (χ3n) is 10.7. The first-order valence-corrected chi connectivity index (χ1v) is 18.5. The van der Waals surface area contributed by atoms with Crippen LogP contribution in [0.1, 0.15) is 0 Å². The van der Waals surface area contributed by atoms with E-state index in [1.807, 2.05) is 48.5 Å². The summed E-state index contributed by atoms with van der Waals surface area (Å²) in [5, 5.41) is 9.30. The molecule has 0 saturated carbocycles. The van der Waals surface area contributed by atoms with Crippen molar-refractivity contribution in [2.75, 3.05) is 0 Å². The van der Waals surface area contributed by atoms with Crippen molar-refractivity contribution in [2.45, 2.75) is 0 Å². The van der Waals surface area contributed by atoms with Crippen LogP contribution in [0.5, 0.6) is 0 Å². The molecule has 0 radical (unpaired) electrons. The standard InChI is InChI=1S/C51H31N3O/c1-3-12-32(13-4-1)35-17-11-18-36(30-35)41-28-29-45(47-44-20-9-10-21-46(44)55-48(41)47)51-53-49(34-15-5-2-6-16-34)52-50(54-51)38-24-25-40-37(31-38)23-27-42-39-19-8-7-14-33(39)22-26-43(40)42/h1-31H. The van der Waals surface area contributed by atoms with Crippen LogP contribution in [0.2, 0.25) is 0 Å². The average molecular weight is 702 g/mol. The smallest absolute Gasteiger partial charge is 0.164 e. The van der Waals surface area contributed by atoms with E-state index in [0.29, 0.717) is 17.5 Å². The fourth-order valence-corrected chi connectivity index (χ4v) is 8.05. The summed E-state index contributed by atoms with van der Waals surface area (Å²) in [6.45, 7) is 0. The quantitative estimate of drug-likeness (QED) is 0.168. The Balaban J connectivity index is 1.11. The number of furan rings is 1. The highest BCUT2D eigenvalue weighted by molar-refractivity contribution is 6.18. The van der Waals surface area contributed by atoms with Gasteiger partial charge >= 0.3 is 0 Å². The van der Waals surface area contributed by atoms with Gasteiger partial charge in [0.2, 0.25) is 0 Å². The van der Waals surface area contributed by atoms with E-state index in [1.165, 1.54) is 32.5 Å². The lowest BCUT2D eigenvalue weighted by atomic mass is 9.95. The highest BCUT2D eigenvalue weighted by atomic mass is 16.3. The lowest BCUT2D eigenvalue weighted by molar-refractivity contribution is 0.670. The van der Waals surface area contributed by atoms with E-state index in [0.717, 1.165) is 60.7 Å². The monoisotopic (exact) mass is 701 g/mol. The van der Waals surface area contributed by atoms with Crippen LogP contribution in [0.4, 0.5) is 0 Å². The van der Waals surface area contributed by atoms with Crippen LogP contribution in [0, 0.1) is 0 Å². The van der Waals surface area contributed by atoms with Gasteiger partial charge in [0.1, 0.15) is 11.2 Å². The maximum Gasteiger partial charge on any atom is 0.164 e. The molecule has 0 atom stereocenters. The molecule has 256 valence electrons. The molecular formula is C51H31N3O. The van der Waals surface area contributed by atoms with Crippen LogP contribution in [0.25, 0.3) is 111 Å². The topological polar surface area (TPSA) is 51.8 Å². The summed E-state index contributed by atoms with van der Waals surface area (Å²) in [5.41, 5.74) is 8.78. The van der Waals surface area contributed by atoms with E-state index in [2.05, 4.69) is 140 Å². The lowest BCUT2D eigenvalue weighted by Crippen LogP contribution is -2.00. The molecule has 0 saturated heterocycles. The van der Waals surface area contributed by atoms with E-state index < -0.39 is 0 Å². The predicted molar refractivity (Wildman–Crippen MR) is 227 cm³/mol. The summed E-state index contributed by atoms with van der Waals surface area (Å²) in [7, 11) is 0. The molecule has 9 aromatic carbocycles. The van der Waals surface area contributed by atoms with Crippen LogP contribution in [0.3, 0.4) is 0 Å². The van der Waals surface area contributed by atoms with Crippen molar-refractivity contribution in [1.82, 2.24) is 15.0 Å². The van der Waals surface area contributed by atoms with Gasteiger partial charge in [0.25, 0.3) is 0 Å². The first-order valence-electron chi connectivity index (χ1n) is 18.5. The molecule has 2 aromatic heterocycles. The highest BCUT2D eigenvalue weighted by Crippen LogP contribution is 2.42. The molecule has 0 bridgehead atoms. The molecule has 0 aliphatic rings. The van der Waals surface area contributed by atoms with Crippen molar-refractivity contribution < 1.29 is 4.42 Å². The fraction of sp³-hybridized carbons (Fsp3) is 0. The van der Waals surface area contributed by atoms with Crippen LogP contribution < -0.4 is 0 Å². The zero-order chi connectivity index (χ0) is 36.3. The Labute approximate surface area is 317 Å². The van der Waals surface area contributed by atoms with Gasteiger partial charge in [-0.15, -0.1) is 0 Å². The normalized spacial score (nSPS) is 11.6. The molecule has 0 N–H and O–H groups in total. The van der Waals surface area contributed by atoms with Gasteiger partial charge in [-0.2, -0.15) is 0 Å². The molecule has 55 heavy (non-hydrogen) atoms. The van der Waals surface area contributed by atoms with Crippen molar-refractivity contribution in [2.24, 2.45) is 0 Å². The van der Waals surface area contributed by atoms with Gasteiger partial charge in [-0.1, -0.05) is 158 Å². The zero-order valence-corrected chi connectivity index (χ0v) is 29.6. The summed E-state index contributed by atoms with van der Waals surface area (Å²) >= 11 is 0. The molecule has 0 fully saturated rings. The summed E-state index contributed by atoms with van der Waals surface area (Å²) in [6.07, 6.45) is 0. The van der Waals surface area contributed by atoms with Gasteiger partial charge in [0.05, 0.1) is 0 Å². The lowest BCUT2D eigenvalue weighted by Gasteiger charge is -2.12. The largest absolute Gasteiger partial charge is 0.455 e. The van der Waals surface area contributed by atoms with Crippen LogP contribution in [-0.4, -0.2) is 15.0 Å². The maximum atomic E-state index is 6.71. The second kappa shape index (κ2) is 12.6. The van der Waals surface area contributed by atoms with Gasteiger partial charge in [-0.25, -0.2) is 15.0 Å². The number of fused-ring (bicyclic) bond motifs is 8. The van der Waals surface area contributed by atoms with Crippen LogP contribution in [0.15, 0.2) is 192 Å². The molecular weight excluding hydrogens is 671 g/mol. The van der Waals surface area contributed by atoms with E-state index >= 15 is 0 Å². The van der Waals surface area contributed by atoms with E-state index in [4.69, 9.17) is 19.4 Å². The van der Waals surface area contributed by atoms with Crippen LogP contribution >= 0.6 is 0 Å². The van der Waals surface area contributed by atoms with Crippen molar-refractivity contribution in [3.8, 4) is 56.4 Å².